The van der Waals surface area contributed by atoms with E-state index in [2.05, 4.69) is 4.99 Å². The highest BCUT2D eigenvalue weighted by atomic mass is 19.4. The summed E-state index contributed by atoms with van der Waals surface area (Å²) in [5.74, 6) is 0. The first-order chi connectivity index (χ1) is 6.50. The Morgan fingerprint density at radius 3 is 2.71 bits per heavy atom. The van der Waals surface area contributed by atoms with Gasteiger partial charge >= 0.3 is 6.18 Å². The molecule has 0 aliphatic carbocycles. The first-order valence-electron chi connectivity index (χ1n) is 4.46. The second kappa shape index (κ2) is 4.44. The second-order valence-electron chi connectivity index (χ2n) is 3.27. The summed E-state index contributed by atoms with van der Waals surface area (Å²) in [4.78, 5) is 3.64. The number of rotatable bonds is 0. The monoisotopic (exact) mass is 203 g/mol. The molecule has 1 rings (SSSR count). The van der Waals surface area contributed by atoms with Crippen LogP contribution < -0.4 is 0 Å². The first kappa shape index (κ1) is 11.0. The fourth-order valence-electron chi connectivity index (χ4n) is 1.20. The van der Waals surface area contributed by atoms with E-state index >= 15 is 0 Å². The van der Waals surface area contributed by atoms with E-state index in [1.54, 1.807) is 0 Å². The second-order valence-corrected chi connectivity index (χ2v) is 3.27. The SMILES string of the molecule is CC1=C/CCC/C(C(F)(F)F)=C/N=C\1. The summed E-state index contributed by atoms with van der Waals surface area (Å²) >= 11 is 0. The van der Waals surface area contributed by atoms with Crippen molar-refractivity contribution in [1.29, 1.82) is 0 Å². The number of allylic oxidation sites excluding steroid dienone is 3. The van der Waals surface area contributed by atoms with Gasteiger partial charge in [-0.1, -0.05) is 6.08 Å². The van der Waals surface area contributed by atoms with Gasteiger partial charge in [-0.05, 0) is 31.8 Å². The van der Waals surface area contributed by atoms with Crippen molar-refractivity contribution >= 4 is 6.21 Å². The van der Waals surface area contributed by atoms with Gasteiger partial charge in [0.15, 0.2) is 0 Å². The van der Waals surface area contributed by atoms with Crippen LogP contribution in [0.2, 0.25) is 0 Å². The lowest BCUT2D eigenvalue weighted by atomic mass is 10.1. The van der Waals surface area contributed by atoms with E-state index in [1.807, 2.05) is 13.0 Å². The molecule has 0 amide bonds. The van der Waals surface area contributed by atoms with E-state index in [-0.39, 0.29) is 6.42 Å². The summed E-state index contributed by atoms with van der Waals surface area (Å²) < 4.78 is 37.0. The average Bonchev–Trinajstić information content (AvgIpc) is 2.15. The molecular weight excluding hydrogens is 191 g/mol. The fourth-order valence-corrected chi connectivity index (χ4v) is 1.20. The van der Waals surface area contributed by atoms with Crippen molar-refractivity contribution < 1.29 is 13.2 Å². The summed E-state index contributed by atoms with van der Waals surface area (Å²) in [6.45, 7) is 1.83. The van der Waals surface area contributed by atoms with Gasteiger partial charge in [0, 0.05) is 12.4 Å². The number of aliphatic imine (C=N–C) groups is 1. The highest BCUT2D eigenvalue weighted by Crippen LogP contribution is 2.29. The average molecular weight is 203 g/mol. The molecule has 0 spiro atoms. The van der Waals surface area contributed by atoms with E-state index in [1.165, 1.54) is 6.21 Å². The third kappa shape index (κ3) is 3.36. The smallest absolute Gasteiger partial charge is 0.264 e. The molecule has 0 saturated carbocycles. The van der Waals surface area contributed by atoms with Crippen LogP contribution in [0, 0.1) is 0 Å². The Labute approximate surface area is 81.0 Å². The lowest BCUT2D eigenvalue weighted by Gasteiger charge is -2.09. The zero-order valence-corrected chi connectivity index (χ0v) is 7.93. The Kier molecular flexibility index (Phi) is 3.49. The van der Waals surface area contributed by atoms with E-state index < -0.39 is 11.7 Å². The van der Waals surface area contributed by atoms with Crippen LogP contribution in [-0.4, -0.2) is 12.4 Å². The molecule has 0 unspecified atom stereocenters. The van der Waals surface area contributed by atoms with Crippen LogP contribution in [0.1, 0.15) is 26.2 Å². The molecule has 4 heteroatoms. The van der Waals surface area contributed by atoms with Crippen LogP contribution >= 0.6 is 0 Å². The summed E-state index contributed by atoms with van der Waals surface area (Å²) in [7, 11) is 0. The molecule has 0 N–H and O–H groups in total. The van der Waals surface area contributed by atoms with Gasteiger partial charge in [0.2, 0.25) is 0 Å². The Morgan fingerprint density at radius 1 is 1.36 bits per heavy atom. The first-order valence-corrected chi connectivity index (χ1v) is 4.46. The minimum atomic E-state index is -4.24. The molecule has 0 aromatic heterocycles. The Hall–Kier alpha value is -1.06. The molecule has 0 aromatic rings. The van der Waals surface area contributed by atoms with Crippen molar-refractivity contribution in [3.8, 4) is 0 Å². The maximum absolute atomic E-state index is 12.3. The standard InChI is InChI=1S/C10H12F3N/c1-8-4-2-3-5-9(7-14-6-8)10(11,12)13/h4,6-7H,2-3,5H2,1H3/b8-4-,9-7-,14-6-. The van der Waals surface area contributed by atoms with E-state index in [0.717, 1.165) is 11.8 Å². The summed E-state index contributed by atoms with van der Waals surface area (Å²) in [5.41, 5.74) is 0.363. The van der Waals surface area contributed by atoms with Crippen molar-refractivity contribution in [1.82, 2.24) is 0 Å². The normalized spacial score (nSPS) is 28.9. The predicted octanol–water partition coefficient (Wildman–Crippen LogP) is 3.63. The van der Waals surface area contributed by atoms with Crippen LogP contribution in [0.25, 0.3) is 0 Å². The molecule has 1 aliphatic rings. The number of nitrogens with zero attached hydrogens (tertiary/aromatic N) is 1. The summed E-state index contributed by atoms with van der Waals surface area (Å²) in [5, 5.41) is 0. The largest absolute Gasteiger partial charge is 0.414 e. The highest BCUT2D eigenvalue weighted by molar-refractivity contribution is 5.78. The van der Waals surface area contributed by atoms with E-state index in [9.17, 15) is 13.2 Å². The Morgan fingerprint density at radius 2 is 2.07 bits per heavy atom. The van der Waals surface area contributed by atoms with Crippen molar-refractivity contribution in [2.75, 3.05) is 0 Å². The number of alkyl halides is 3. The molecule has 14 heavy (non-hydrogen) atoms. The molecule has 1 heterocycles. The highest BCUT2D eigenvalue weighted by Gasteiger charge is 2.32. The molecule has 0 saturated heterocycles. The van der Waals surface area contributed by atoms with Gasteiger partial charge in [0.1, 0.15) is 0 Å². The molecule has 1 nitrogen and oxygen atoms in total. The molecule has 0 radical (unpaired) electrons. The fraction of sp³-hybridized carbons (Fsp3) is 0.500. The van der Waals surface area contributed by atoms with Gasteiger partial charge in [0.25, 0.3) is 0 Å². The minimum Gasteiger partial charge on any atom is -0.264 e. The van der Waals surface area contributed by atoms with Gasteiger partial charge in [-0.25, -0.2) is 0 Å². The van der Waals surface area contributed by atoms with Gasteiger partial charge in [-0.2, -0.15) is 13.2 Å². The molecule has 78 valence electrons. The molecule has 0 aromatic carbocycles. The van der Waals surface area contributed by atoms with E-state index in [0.29, 0.717) is 12.8 Å². The zero-order valence-electron chi connectivity index (χ0n) is 7.93. The molecule has 0 atom stereocenters. The lowest BCUT2D eigenvalue weighted by molar-refractivity contribution is -0.0942. The van der Waals surface area contributed by atoms with Crippen LogP contribution in [-0.2, 0) is 0 Å². The molecule has 0 bridgehead atoms. The molecule has 0 fully saturated rings. The summed E-state index contributed by atoms with van der Waals surface area (Å²) in [6.07, 6.45) is 1.27. The summed E-state index contributed by atoms with van der Waals surface area (Å²) in [6, 6.07) is 0. The van der Waals surface area contributed by atoms with Gasteiger partial charge in [-0.3, -0.25) is 4.99 Å². The minimum absolute atomic E-state index is 0.0462. The topological polar surface area (TPSA) is 12.4 Å². The maximum Gasteiger partial charge on any atom is 0.414 e. The Balaban J connectivity index is 2.83. The molecular formula is C10H12F3N. The quantitative estimate of drug-likeness (QED) is 0.570. The van der Waals surface area contributed by atoms with Crippen molar-refractivity contribution in [3.05, 3.63) is 23.4 Å². The van der Waals surface area contributed by atoms with Gasteiger partial charge < -0.3 is 0 Å². The van der Waals surface area contributed by atoms with Gasteiger partial charge in [0.05, 0.1) is 5.57 Å². The lowest BCUT2D eigenvalue weighted by Crippen LogP contribution is -2.11. The van der Waals surface area contributed by atoms with Crippen molar-refractivity contribution in [3.63, 3.8) is 0 Å². The van der Waals surface area contributed by atoms with Gasteiger partial charge in [-0.15, -0.1) is 0 Å². The van der Waals surface area contributed by atoms with Crippen LogP contribution in [0.15, 0.2) is 28.4 Å². The number of halogens is 3. The van der Waals surface area contributed by atoms with Crippen molar-refractivity contribution in [2.24, 2.45) is 4.99 Å². The molecule has 1 aliphatic heterocycles. The van der Waals surface area contributed by atoms with Crippen LogP contribution in [0.3, 0.4) is 0 Å². The predicted molar refractivity (Wildman–Crippen MR) is 50.2 cm³/mol. The number of hydrogen-bond acceptors (Lipinski definition) is 1. The third-order valence-corrected chi connectivity index (χ3v) is 1.99. The third-order valence-electron chi connectivity index (χ3n) is 1.99. The number of hydrogen-bond donors (Lipinski definition) is 0. The van der Waals surface area contributed by atoms with E-state index in [4.69, 9.17) is 0 Å². The zero-order chi connectivity index (χ0) is 10.6. The Bertz CT molecular complexity index is 284. The van der Waals surface area contributed by atoms with Crippen LogP contribution in [0.5, 0.6) is 0 Å². The maximum atomic E-state index is 12.3. The van der Waals surface area contributed by atoms with Crippen molar-refractivity contribution in [2.45, 2.75) is 32.4 Å². The van der Waals surface area contributed by atoms with Crippen LogP contribution in [0.4, 0.5) is 13.2 Å².